The Balaban J connectivity index is 1.73. The van der Waals surface area contributed by atoms with Gasteiger partial charge in [-0.3, -0.25) is 4.90 Å². The molecular weight excluding hydrogens is 216 g/mol. The Morgan fingerprint density at radius 3 is 3.00 bits per heavy atom. The van der Waals surface area contributed by atoms with E-state index in [9.17, 15) is 0 Å². The number of hydrogen-bond acceptors (Lipinski definition) is 4. The molecule has 4 nitrogen and oxygen atoms in total. The van der Waals surface area contributed by atoms with E-state index in [1.54, 1.807) is 0 Å². The summed E-state index contributed by atoms with van der Waals surface area (Å²) in [5, 5.41) is 0. The van der Waals surface area contributed by atoms with Crippen LogP contribution in [0.15, 0.2) is 24.3 Å². The predicted octanol–water partition coefficient (Wildman–Crippen LogP) is 1.37. The summed E-state index contributed by atoms with van der Waals surface area (Å²) in [5.41, 5.74) is 6.51. The van der Waals surface area contributed by atoms with E-state index in [0.717, 1.165) is 45.0 Å². The smallest absolute Gasteiger partial charge is 0.142 e. The second-order valence-electron chi connectivity index (χ2n) is 4.19. The summed E-state index contributed by atoms with van der Waals surface area (Å²) in [6.45, 7) is 5.39. The second kappa shape index (κ2) is 6.47. The van der Waals surface area contributed by atoms with Gasteiger partial charge in [-0.1, -0.05) is 12.1 Å². The molecule has 94 valence electrons. The van der Waals surface area contributed by atoms with Crippen LogP contribution >= 0.6 is 0 Å². The minimum absolute atomic E-state index is 0.675. The van der Waals surface area contributed by atoms with Crippen LogP contribution in [0.5, 0.6) is 5.75 Å². The molecule has 1 saturated heterocycles. The Kier molecular flexibility index (Phi) is 4.64. The highest BCUT2D eigenvalue weighted by Gasteiger charge is 2.08. The Labute approximate surface area is 102 Å². The van der Waals surface area contributed by atoms with Gasteiger partial charge in [0.15, 0.2) is 0 Å². The van der Waals surface area contributed by atoms with Gasteiger partial charge in [0.2, 0.25) is 0 Å². The summed E-state index contributed by atoms with van der Waals surface area (Å²) >= 11 is 0. The van der Waals surface area contributed by atoms with Crippen molar-refractivity contribution in [3.8, 4) is 5.75 Å². The van der Waals surface area contributed by atoms with Gasteiger partial charge >= 0.3 is 0 Å². The highest BCUT2D eigenvalue weighted by atomic mass is 16.5. The molecular formula is C13H20N2O2. The van der Waals surface area contributed by atoms with Crippen LogP contribution < -0.4 is 10.5 Å². The Bertz CT molecular complexity index is 336. The average molecular weight is 236 g/mol. The summed E-state index contributed by atoms with van der Waals surface area (Å²) in [7, 11) is 0. The molecule has 17 heavy (non-hydrogen) atoms. The van der Waals surface area contributed by atoms with Gasteiger partial charge in [0.1, 0.15) is 12.4 Å². The van der Waals surface area contributed by atoms with E-state index in [4.69, 9.17) is 15.2 Å². The van der Waals surface area contributed by atoms with Gasteiger partial charge in [0.25, 0.3) is 0 Å². The standard InChI is InChI=1S/C13H20N2O2/c14-12-4-1-2-5-13(12)17-11-8-15-6-3-9-16-10-7-15/h1-2,4-5H,3,6-11,14H2. The predicted molar refractivity (Wildman–Crippen MR) is 68.2 cm³/mol. The number of anilines is 1. The van der Waals surface area contributed by atoms with Gasteiger partial charge in [0.05, 0.1) is 12.3 Å². The number of benzene rings is 1. The number of nitrogen functional groups attached to an aromatic ring is 1. The molecule has 1 aliphatic rings. The van der Waals surface area contributed by atoms with Crippen LogP contribution in [-0.2, 0) is 4.74 Å². The molecule has 1 aromatic carbocycles. The molecule has 1 heterocycles. The molecule has 2 rings (SSSR count). The minimum Gasteiger partial charge on any atom is -0.490 e. The van der Waals surface area contributed by atoms with Crippen molar-refractivity contribution < 1.29 is 9.47 Å². The SMILES string of the molecule is Nc1ccccc1OCCN1CCCOCC1. The highest BCUT2D eigenvalue weighted by molar-refractivity contribution is 5.51. The molecule has 0 aliphatic carbocycles. The molecule has 1 fully saturated rings. The molecule has 1 aliphatic heterocycles. The van der Waals surface area contributed by atoms with E-state index < -0.39 is 0 Å². The van der Waals surface area contributed by atoms with Crippen LogP contribution in [0.3, 0.4) is 0 Å². The van der Waals surface area contributed by atoms with Crippen molar-refractivity contribution in [1.29, 1.82) is 0 Å². The zero-order valence-corrected chi connectivity index (χ0v) is 10.1. The van der Waals surface area contributed by atoms with Crippen LogP contribution in [0.25, 0.3) is 0 Å². The first-order valence-electron chi connectivity index (χ1n) is 6.13. The molecule has 0 radical (unpaired) electrons. The van der Waals surface area contributed by atoms with Crippen molar-refractivity contribution in [2.45, 2.75) is 6.42 Å². The summed E-state index contributed by atoms with van der Waals surface area (Å²) in [4.78, 5) is 2.37. The van der Waals surface area contributed by atoms with Gasteiger partial charge in [-0.15, -0.1) is 0 Å². The molecule has 0 amide bonds. The third-order valence-electron chi connectivity index (χ3n) is 2.90. The molecule has 0 unspecified atom stereocenters. The van der Waals surface area contributed by atoms with Gasteiger partial charge < -0.3 is 15.2 Å². The number of para-hydroxylation sites is 2. The minimum atomic E-state index is 0.675. The Morgan fingerprint density at radius 2 is 2.12 bits per heavy atom. The fourth-order valence-electron chi connectivity index (χ4n) is 1.92. The zero-order valence-electron chi connectivity index (χ0n) is 10.1. The van der Waals surface area contributed by atoms with Crippen molar-refractivity contribution in [3.63, 3.8) is 0 Å². The van der Waals surface area contributed by atoms with E-state index in [1.165, 1.54) is 0 Å². The lowest BCUT2D eigenvalue weighted by Gasteiger charge is -2.19. The van der Waals surface area contributed by atoms with Gasteiger partial charge in [-0.05, 0) is 18.6 Å². The van der Waals surface area contributed by atoms with E-state index in [1.807, 2.05) is 24.3 Å². The summed E-state index contributed by atoms with van der Waals surface area (Å²) < 4.78 is 11.1. The first-order valence-corrected chi connectivity index (χ1v) is 6.13. The molecule has 0 aromatic heterocycles. The lowest BCUT2D eigenvalue weighted by Crippen LogP contribution is -2.30. The highest BCUT2D eigenvalue weighted by Crippen LogP contribution is 2.19. The number of rotatable bonds is 4. The lowest BCUT2D eigenvalue weighted by molar-refractivity contribution is 0.137. The van der Waals surface area contributed by atoms with Gasteiger partial charge in [-0.25, -0.2) is 0 Å². The number of nitrogens with zero attached hydrogens (tertiary/aromatic N) is 1. The van der Waals surface area contributed by atoms with Crippen molar-refractivity contribution in [2.75, 3.05) is 45.2 Å². The molecule has 0 saturated carbocycles. The number of hydrogen-bond donors (Lipinski definition) is 1. The van der Waals surface area contributed by atoms with Crippen LogP contribution in [0, 0.1) is 0 Å². The van der Waals surface area contributed by atoms with E-state index in [2.05, 4.69) is 4.90 Å². The first-order chi connectivity index (χ1) is 8.36. The van der Waals surface area contributed by atoms with Crippen LogP contribution in [-0.4, -0.2) is 44.4 Å². The second-order valence-corrected chi connectivity index (χ2v) is 4.19. The molecule has 0 bridgehead atoms. The number of ether oxygens (including phenoxy) is 2. The summed E-state index contributed by atoms with van der Waals surface area (Å²) in [6, 6.07) is 7.61. The van der Waals surface area contributed by atoms with E-state index in [-0.39, 0.29) is 0 Å². The first kappa shape index (κ1) is 12.2. The van der Waals surface area contributed by atoms with Gasteiger partial charge in [0, 0.05) is 26.2 Å². The molecule has 0 atom stereocenters. The van der Waals surface area contributed by atoms with Crippen LogP contribution in [0.2, 0.25) is 0 Å². The summed E-state index contributed by atoms with van der Waals surface area (Å²) in [5.74, 6) is 0.776. The molecule has 1 aromatic rings. The topological polar surface area (TPSA) is 47.7 Å². The number of nitrogens with two attached hydrogens (primary N) is 1. The Morgan fingerprint density at radius 1 is 1.24 bits per heavy atom. The van der Waals surface area contributed by atoms with Crippen molar-refractivity contribution >= 4 is 5.69 Å². The lowest BCUT2D eigenvalue weighted by atomic mass is 10.3. The van der Waals surface area contributed by atoms with E-state index in [0.29, 0.717) is 12.3 Å². The molecule has 2 N–H and O–H groups in total. The largest absolute Gasteiger partial charge is 0.490 e. The van der Waals surface area contributed by atoms with E-state index >= 15 is 0 Å². The van der Waals surface area contributed by atoms with Gasteiger partial charge in [-0.2, -0.15) is 0 Å². The van der Waals surface area contributed by atoms with Crippen LogP contribution in [0.4, 0.5) is 5.69 Å². The maximum Gasteiger partial charge on any atom is 0.142 e. The normalized spacial score (nSPS) is 17.6. The molecule has 0 spiro atoms. The third kappa shape index (κ3) is 3.91. The maximum atomic E-state index is 5.81. The average Bonchev–Trinajstić information content (AvgIpc) is 2.60. The Hall–Kier alpha value is -1.26. The quantitative estimate of drug-likeness (QED) is 0.802. The maximum absolute atomic E-state index is 5.81. The van der Waals surface area contributed by atoms with Crippen molar-refractivity contribution in [3.05, 3.63) is 24.3 Å². The van der Waals surface area contributed by atoms with Crippen molar-refractivity contribution in [2.24, 2.45) is 0 Å². The monoisotopic (exact) mass is 236 g/mol. The van der Waals surface area contributed by atoms with Crippen LogP contribution in [0.1, 0.15) is 6.42 Å². The van der Waals surface area contributed by atoms with Crippen molar-refractivity contribution in [1.82, 2.24) is 4.90 Å². The molecule has 4 heteroatoms. The fourth-order valence-corrected chi connectivity index (χ4v) is 1.92. The summed E-state index contributed by atoms with van der Waals surface area (Å²) in [6.07, 6.45) is 1.10. The zero-order chi connectivity index (χ0) is 11.9. The third-order valence-corrected chi connectivity index (χ3v) is 2.90. The fraction of sp³-hybridized carbons (Fsp3) is 0.538.